The number of halogens is 1. The molecule has 0 bridgehead atoms. The van der Waals surface area contributed by atoms with E-state index in [1.165, 1.54) is 0 Å². The van der Waals surface area contributed by atoms with Gasteiger partial charge >= 0.3 is 0 Å². The summed E-state index contributed by atoms with van der Waals surface area (Å²) in [6.07, 6.45) is -0.200. The molecule has 4 nitrogen and oxygen atoms in total. The van der Waals surface area contributed by atoms with E-state index in [-0.39, 0.29) is 18.1 Å². The van der Waals surface area contributed by atoms with E-state index in [1.54, 1.807) is 37.4 Å². The van der Waals surface area contributed by atoms with Crippen LogP contribution in [-0.4, -0.2) is 25.7 Å². The van der Waals surface area contributed by atoms with Crippen molar-refractivity contribution in [3.8, 4) is 5.75 Å². The molecule has 0 heterocycles. The van der Waals surface area contributed by atoms with E-state index < -0.39 is 0 Å². The molecule has 1 atom stereocenters. The van der Waals surface area contributed by atoms with E-state index in [4.69, 9.17) is 21.1 Å². The molecule has 1 amide bonds. The number of rotatable bonds is 7. The van der Waals surface area contributed by atoms with Gasteiger partial charge in [0.2, 0.25) is 0 Å². The number of nitrogens with one attached hydrogen (secondary N) is 1. The van der Waals surface area contributed by atoms with Crippen LogP contribution in [0.15, 0.2) is 48.5 Å². The lowest BCUT2D eigenvalue weighted by molar-refractivity contribution is 0.0828. The fraction of sp³-hybridized carbons (Fsp3) is 0.316. The van der Waals surface area contributed by atoms with Crippen LogP contribution in [0.1, 0.15) is 35.9 Å². The summed E-state index contributed by atoms with van der Waals surface area (Å²) >= 11 is 6.18. The van der Waals surface area contributed by atoms with Gasteiger partial charge in [-0.1, -0.05) is 29.8 Å². The quantitative estimate of drug-likeness (QED) is 0.814. The minimum atomic E-state index is -0.300. The van der Waals surface area contributed by atoms with E-state index in [0.29, 0.717) is 17.1 Å². The van der Waals surface area contributed by atoms with Crippen LogP contribution in [0.2, 0.25) is 5.02 Å². The van der Waals surface area contributed by atoms with Crippen LogP contribution in [0.3, 0.4) is 0 Å². The number of carbonyl (C=O) groups excluding carboxylic acids is 1. The number of methoxy groups -OCH3 is 1. The maximum Gasteiger partial charge on any atom is 0.251 e. The number of ether oxygens (including phenoxy) is 2. The van der Waals surface area contributed by atoms with E-state index in [9.17, 15) is 4.79 Å². The molecular formula is C19H22ClNO3. The van der Waals surface area contributed by atoms with E-state index in [1.807, 2.05) is 32.0 Å². The molecular weight excluding hydrogens is 326 g/mol. The summed E-state index contributed by atoms with van der Waals surface area (Å²) in [4.78, 5) is 12.3. The van der Waals surface area contributed by atoms with Crippen molar-refractivity contribution in [1.29, 1.82) is 0 Å². The van der Waals surface area contributed by atoms with Crippen molar-refractivity contribution < 1.29 is 14.3 Å². The molecule has 0 spiro atoms. The Hall–Kier alpha value is -2.04. The lowest BCUT2D eigenvalue weighted by Crippen LogP contribution is -2.29. The summed E-state index contributed by atoms with van der Waals surface area (Å²) < 4.78 is 11.0. The Bertz CT molecular complexity index is 671. The maximum absolute atomic E-state index is 12.3. The molecule has 0 aliphatic heterocycles. The Morgan fingerprint density at radius 2 is 1.79 bits per heavy atom. The van der Waals surface area contributed by atoms with Crippen molar-refractivity contribution >= 4 is 17.5 Å². The van der Waals surface area contributed by atoms with Crippen LogP contribution in [0, 0.1) is 0 Å². The van der Waals surface area contributed by atoms with Gasteiger partial charge in [0, 0.05) is 29.8 Å². The highest BCUT2D eigenvalue weighted by Crippen LogP contribution is 2.24. The third-order valence-electron chi connectivity index (χ3n) is 3.47. The largest absolute Gasteiger partial charge is 0.491 e. The van der Waals surface area contributed by atoms with Crippen molar-refractivity contribution in [1.82, 2.24) is 5.32 Å². The normalized spacial score (nSPS) is 12.0. The van der Waals surface area contributed by atoms with Gasteiger partial charge in [-0.05, 0) is 44.2 Å². The first-order valence-electron chi connectivity index (χ1n) is 7.83. The van der Waals surface area contributed by atoms with Gasteiger partial charge in [0.1, 0.15) is 11.9 Å². The smallest absolute Gasteiger partial charge is 0.251 e. The molecule has 24 heavy (non-hydrogen) atoms. The molecule has 2 rings (SSSR count). The highest BCUT2D eigenvalue weighted by Gasteiger charge is 2.15. The van der Waals surface area contributed by atoms with E-state index in [2.05, 4.69) is 5.32 Å². The zero-order valence-electron chi connectivity index (χ0n) is 14.1. The van der Waals surface area contributed by atoms with E-state index >= 15 is 0 Å². The van der Waals surface area contributed by atoms with Crippen molar-refractivity contribution in [2.45, 2.75) is 26.1 Å². The van der Waals surface area contributed by atoms with Gasteiger partial charge in [0.05, 0.1) is 6.10 Å². The molecule has 1 N–H and O–H groups in total. The predicted molar refractivity (Wildman–Crippen MR) is 95.7 cm³/mol. The molecule has 0 fully saturated rings. The number of hydrogen-bond donors (Lipinski definition) is 1. The lowest BCUT2D eigenvalue weighted by atomic mass is 10.1. The van der Waals surface area contributed by atoms with Gasteiger partial charge in [-0.15, -0.1) is 0 Å². The molecule has 1 unspecified atom stereocenters. The molecule has 0 aliphatic carbocycles. The minimum Gasteiger partial charge on any atom is -0.491 e. The standard InChI is InChI=1S/C19H22ClNO3/c1-13(2)24-15-10-8-14(9-11-15)19(22)21-12-18(23-3)16-6-4-5-7-17(16)20/h4-11,13,18H,12H2,1-3H3,(H,21,22). The van der Waals surface area contributed by atoms with Crippen LogP contribution in [0.4, 0.5) is 0 Å². The van der Waals surface area contributed by atoms with Crippen LogP contribution < -0.4 is 10.1 Å². The van der Waals surface area contributed by atoms with E-state index in [0.717, 1.165) is 11.3 Å². The Labute approximate surface area is 147 Å². The van der Waals surface area contributed by atoms with Crippen LogP contribution in [0.25, 0.3) is 0 Å². The van der Waals surface area contributed by atoms with Crippen molar-refractivity contribution in [2.75, 3.05) is 13.7 Å². The SMILES string of the molecule is COC(CNC(=O)c1ccc(OC(C)C)cc1)c1ccccc1Cl. The summed E-state index contributed by atoms with van der Waals surface area (Å²) in [7, 11) is 1.60. The van der Waals surface area contributed by atoms with Crippen molar-refractivity contribution in [2.24, 2.45) is 0 Å². The maximum atomic E-state index is 12.3. The van der Waals surface area contributed by atoms with Crippen molar-refractivity contribution in [3.05, 3.63) is 64.7 Å². The Kier molecular flexibility index (Phi) is 6.64. The number of benzene rings is 2. The monoisotopic (exact) mass is 347 g/mol. The third-order valence-corrected chi connectivity index (χ3v) is 3.82. The first-order chi connectivity index (χ1) is 11.5. The molecule has 128 valence electrons. The Morgan fingerprint density at radius 3 is 2.38 bits per heavy atom. The highest BCUT2D eigenvalue weighted by atomic mass is 35.5. The summed E-state index contributed by atoms with van der Waals surface area (Å²) in [6.45, 7) is 4.25. The summed E-state index contributed by atoms with van der Waals surface area (Å²) in [5.41, 5.74) is 1.42. The van der Waals surface area contributed by atoms with Gasteiger partial charge in [-0.3, -0.25) is 4.79 Å². The zero-order chi connectivity index (χ0) is 17.5. The summed E-state index contributed by atoms with van der Waals surface area (Å²) in [6, 6.07) is 14.5. The topological polar surface area (TPSA) is 47.6 Å². The summed E-state index contributed by atoms with van der Waals surface area (Å²) in [5.74, 6) is 0.576. The second-order valence-corrected chi connectivity index (χ2v) is 6.05. The first-order valence-corrected chi connectivity index (χ1v) is 8.21. The van der Waals surface area contributed by atoms with Gasteiger partial charge in [-0.25, -0.2) is 0 Å². The average Bonchev–Trinajstić information content (AvgIpc) is 2.56. The number of hydrogen-bond acceptors (Lipinski definition) is 3. The Balaban J connectivity index is 1.97. The lowest BCUT2D eigenvalue weighted by Gasteiger charge is -2.18. The zero-order valence-corrected chi connectivity index (χ0v) is 14.8. The predicted octanol–water partition coefficient (Wildman–Crippen LogP) is 4.24. The molecule has 0 saturated carbocycles. The van der Waals surface area contributed by atoms with Crippen LogP contribution >= 0.6 is 11.6 Å². The molecule has 0 aromatic heterocycles. The Morgan fingerprint density at radius 1 is 1.12 bits per heavy atom. The molecule has 0 radical (unpaired) electrons. The molecule has 2 aromatic rings. The number of carbonyl (C=O) groups is 1. The van der Waals surface area contributed by atoms with Gasteiger partial charge in [0.15, 0.2) is 0 Å². The fourth-order valence-electron chi connectivity index (χ4n) is 2.30. The molecule has 2 aromatic carbocycles. The molecule has 0 aliphatic rings. The van der Waals surface area contributed by atoms with Gasteiger partial charge in [-0.2, -0.15) is 0 Å². The third kappa shape index (κ3) is 4.98. The van der Waals surface area contributed by atoms with Crippen molar-refractivity contribution in [3.63, 3.8) is 0 Å². The highest BCUT2D eigenvalue weighted by molar-refractivity contribution is 6.31. The minimum absolute atomic E-state index is 0.0998. The summed E-state index contributed by atoms with van der Waals surface area (Å²) in [5, 5.41) is 3.49. The second kappa shape index (κ2) is 8.71. The van der Waals surface area contributed by atoms with Gasteiger partial charge < -0.3 is 14.8 Å². The van der Waals surface area contributed by atoms with Crippen LogP contribution in [0.5, 0.6) is 5.75 Å². The number of amides is 1. The molecule has 0 saturated heterocycles. The van der Waals surface area contributed by atoms with Crippen LogP contribution in [-0.2, 0) is 4.74 Å². The second-order valence-electron chi connectivity index (χ2n) is 5.65. The molecule has 5 heteroatoms. The fourth-order valence-corrected chi connectivity index (χ4v) is 2.56. The average molecular weight is 348 g/mol. The first kappa shape index (κ1) is 18.3. The van der Waals surface area contributed by atoms with Gasteiger partial charge in [0.25, 0.3) is 5.91 Å².